The molecule has 0 aromatic carbocycles. The standard InChI is InChI=1S/C9H17NO3/c1-3-13-9(11)5-7-4-8(12-2)6-10-7/h7-8,10H,3-6H2,1-2H3/t7-,8-/m0/s1. The van der Waals surface area contributed by atoms with Crippen LogP contribution in [0.4, 0.5) is 0 Å². The molecule has 2 atom stereocenters. The van der Waals surface area contributed by atoms with E-state index in [1.165, 1.54) is 0 Å². The summed E-state index contributed by atoms with van der Waals surface area (Å²) in [6, 6.07) is 0.226. The Morgan fingerprint density at radius 3 is 2.92 bits per heavy atom. The highest BCUT2D eigenvalue weighted by atomic mass is 16.5. The smallest absolute Gasteiger partial charge is 0.307 e. The van der Waals surface area contributed by atoms with Crippen LogP contribution in [-0.4, -0.2) is 38.4 Å². The van der Waals surface area contributed by atoms with Gasteiger partial charge in [0.15, 0.2) is 0 Å². The van der Waals surface area contributed by atoms with E-state index in [0.29, 0.717) is 13.0 Å². The molecule has 1 fully saturated rings. The highest BCUT2D eigenvalue weighted by Gasteiger charge is 2.25. The maximum atomic E-state index is 11.1. The minimum atomic E-state index is -0.128. The molecule has 0 radical (unpaired) electrons. The van der Waals surface area contributed by atoms with Gasteiger partial charge in [-0.25, -0.2) is 0 Å². The lowest BCUT2D eigenvalue weighted by molar-refractivity contribution is -0.143. The maximum absolute atomic E-state index is 11.1. The van der Waals surface area contributed by atoms with Gasteiger partial charge in [-0.05, 0) is 13.3 Å². The van der Waals surface area contributed by atoms with Crippen molar-refractivity contribution in [1.29, 1.82) is 0 Å². The van der Waals surface area contributed by atoms with Crippen molar-refractivity contribution < 1.29 is 14.3 Å². The molecule has 0 aromatic rings. The second-order valence-electron chi connectivity index (χ2n) is 3.21. The average molecular weight is 187 g/mol. The van der Waals surface area contributed by atoms with E-state index in [4.69, 9.17) is 9.47 Å². The summed E-state index contributed by atoms with van der Waals surface area (Å²) in [5.41, 5.74) is 0. The minimum absolute atomic E-state index is 0.128. The first-order valence-electron chi connectivity index (χ1n) is 4.68. The highest BCUT2D eigenvalue weighted by Crippen LogP contribution is 2.12. The molecule has 76 valence electrons. The molecule has 1 saturated heterocycles. The predicted molar refractivity (Wildman–Crippen MR) is 48.5 cm³/mol. The third kappa shape index (κ3) is 3.32. The Balaban J connectivity index is 2.19. The normalized spacial score (nSPS) is 27.5. The molecular formula is C9H17NO3. The zero-order valence-electron chi connectivity index (χ0n) is 8.21. The van der Waals surface area contributed by atoms with Crippen LogP contribution in [0.3, 0.4) is 0 Å². The minimum Gasteiger partial charge on any atom is -0.466 e. The Morgan fingerprint density at radius 2 is 2.38 bits per heavy atom. The number of hydrogen-bond acceptors (Lipinski definition) is 4. The molecule has 1 rings (SSSR count). The van der Waals surface area contributed by atoms with E-state index in [9.17, 15) is 4.79 Å². The van der Waals surface area contributed by atoms with Gasteiger partial charge in [-0.15, -0.1) is 0 Å². The van der Waals surface area contributed by atoms with Crippen molar-refractivity contribution in [2.24, 2.45) is 0 Å². The number of ether oxygens (including phenoxy) is 2. The monoisotopic (exact) mass is 187 g/mol. The zero-order valence-corrected chi connectivity index (χ0v) is 8.21. The van der Waals surface area contributed by atoms with Crippen molar-refractivity contribution >= 4 is 5.97 Å². The summed E-state index contributed by atoms with van der Waals surface area (Å²) in [4.78, 5) is 11.1. The van der Waals surface area contributed by atoms with Crippen molar-refractivity contribution in [2.75, 3.05) is 20.3 Å². The Hall–Kier alpha value is -0.610. The molecule has 0 saturated carbocycles. The quantitative estimate of drug-likeness (QED) is 0.644. The van der Waals surface area contributed by atoms with Gasteiger partial charge in [-0.3, -0.25) is 4.79 Å². The van der Waals surface area contributed by atoms with Crippen LogP contribution in [0, 0.1) is 0 Å². The van der Waals surface area contributed by atoms with Crippen molar-refractivity contribution in [1.82, 2.24) is 5.32 Å². The Bertz CT molecular complexity index is 172. The van der Waals surface area contributed by atoms with Crippen molar-refractivity contribution in [3.8, 4) is 0 Å². The van der Waals surface area contributed by atoms with Crippen LogP contribution >= 0.6 is 0 Å². The van der Waals surface area contributed by atoms with E-state index in [1.54, 1.807) is 7.11 Å². The van der Waals surface area contributed by atoms with Crippen LogP contribution in [0.25, 0.3) is 0 Å². The molecule has 0 amide bonds. The molecule has 0 bridgehead atoms. The summed E-state index contributed by atoms with van der Waals surface area (Å²) in [6.07, 6.45) is 1.60. The summed E-state index contributed by atoms with van der Waals surface area (Å²) in [5, 5.41) is 3.22. The van der Waals surface area contributed by atoms with Crippen LogP contribution in [0.1, 0.15) is 19.8 Å². The third-order valence-corrected chi connectivity index (χ3v) is 2.23. The van der Waals surface area contributed by atoms with Gasteiger partial charge in [0.2, 0.25) is 0 Å². The number of rotatable bonds is 4. The second kappa shape index (κ2) is 5.19. The lowest BCUT2D eigenvalue weighted by Gasteiger charge is -2.08. The number of esters is 1. The number of carbonyl (C=O) groups is 1. The van der Waals surface area contributed by atoms with Gasteiger partial charge in [-0.1, -0.05) is 0 Å². The predicted octanol–water partition coefficient (Wildman–Crippen LogP) is 0.317. The van der Waals surface area contributed by atoms with Crippen LogP contribution in [-0.2, 0) is 14.3 Å². The first-order chi connectivity index (χ1) is 6.26. The highest BCUT2D eigenvalue weighted by molar-refractivity contribution is 5.70. The van der Waals surface area contributed by atoms with Gasteiger partial charge in [0, 0.05) is 19.7 Å². The summed E-state index contributed by atoms with van der Waals surface area (Å²) in [5.74, 6) is -0.128. The van der Waals surface area contributed by atoms with E-state index in [1.807, 2.05) is 6.92 Å². The van der Waals surface area contributed by atoms with Crippen molar-refractivity contribution in [3.63, 3.8) is 0 Å². The number of hydrogen-bond donors (Lipinski definition) is 1. The molecule has 1 aliphatic heterocycles. The topological polar surface area (TPSA) is 47.6 Å². The fourth-order valence-electron chi connectivity index (χ4n) is 1.54. The lowest BCUT2D eigenvalue weighted by atomic mass is 10.1. The van der Waals surface area contributed by atoms with Crippen LogP contribution < -0.4 is 5.32 Å². The van der Waals surface area contributed by atoms with E-state index >= 15 is 0 Å². The largest absolute Gasteiger partial charge is 0.466 e. The van der Waals surface area contributed by atoms with E-state index in [2.05, 4.69) is 5.32 Å². The fourth-order valence-corrected chi connectivity index (χ4v) is 1.54. The summed E-state index contributed by atoms with van der Waals surface area (Å²) in [6.45, 7) is 3.11. The molecule has 13 heavy (non-hydrogen) atoms. The van der Waals surface area contributed by atoms with Gasteiger partial charge >= 0.3 is 5.97 Å². The van der Waals surface area contributed by atoms with E-state index < -0.39 is 0 Å². The van der Waals surface area contributed by atoms with Gasteiger partial charge in [0.25, 0.3) is 0 Å². The van der Waals surface area contributed by atoms with E-state index in [-0.39, 0.29) is 18.1 Å². The molecule has 1 N–H and O–H groups in total. The molecule has 0 aromatic heterocycles. The lowest BCUT2D eigenvalue weighted by Crippen LogP contribution is -2.25. The molecule has 0 unspecified atom stereocenters. The molecule has 0 aliphatic carbocycles. The first kappa shape index (κ1) is 10.5. The average Bonchev–Trinajstić information content (AvgIpc) is 2.52. The molecular weight excluding hydrogens is 170 g/mol. The number of carbonyl (C=O) groups excluding carboxylic acids is 1. The molecule has 1 heterocycles. The van der Waals surface area contributed by atoms with Crippen molar-refractivity contribution in [2.45, 2.75) is 31.9 Å². The second-order valence-corrected chi connectivity index (χ2v) is 3.21. The first-order valence-corrected chi connectivity index (χ1v) is 4.68. The van der Waals surface area contributed by atoms with Crippen LogP contribution in [0.15, 0.2) is 0 Å². The SMILES string of the molecule is CCOC(=O)C[C@@H]1C[C@H](OC)CN1. The van der Waals surface area contributed by atoms with Gasteiger partial charge < -0.3 is 14.8 Å². The zero-order chi connectivity index (χ0) is 9.68. The Labute approximate surface area is 78.6 Å². The molecule has 0 spiro atoms. The maximum Gasteiger partial charge on any atom is 0.307 e. The fraction of sp³-hybridized carbons (Fsp3) is 0.889. The number of methoxy groups -OCH3 is 1. The Morgan fingerprint density at radius 1 is 1.62 bits per heavy atom. The summed E-state index contributed by atoms with van der Waals surface area (Å²) < 4.78 is 10.0. The van der Waals surface area contributed by atoms with Crippen molar-refractivity contribution in [3.05, 3.63) is 0 Å². The third-order valence-electron chi connectivity index (χ3n) is 2.23. The van der Waals surface area contributed by atoms with Gasteiger partial charge in [0.1, 0.15) is 0 Å². The van der Waals surface area contributed by atoms with Gasteiger partial charge in [0.05, 0.1) is 19.1 Å². The van der Waals surface area contributed by atoms with Crippen LogP contribution in [0.2, 0.25) is 0 Å². The molecule has 4 heteroatoms. The Kier molecular flexibility index (Phi) is 4.18. The van der Waals surface area contributed by atoms with Crippen LogP contribution in [0.5, 0.6) is 0 Å². The molecule has 4 nitrogen and oxygen atoms in total. The van der Waals surface area contributed by atoms with E-state index in [0.717, 1.165) is 13.0 Å². The number of nitrogens with one attached hydrogen (secondary N) is 1. The van der Waals surface area contributed by atoms with Gasteiger partial charge in [-0.2, -0.15) is 0 Å². The summed E-state index contributed by atoms with van der Waals surface area (Å²) in [7, 11) is 1.69. The summed E-state index contributed by atoms with van der Waals surface area (Å²) >= 11 is 0. The molecule has 1 aliphatic rings.